The molecule has 1 amide bonds. The minimum atomic E-state index is -0.147. The summed E-state index contributed by atoms with van der Waals surface area (Å²) in [5.74, 6) is 1.69. The molecule has 0 unspecified atom stereocenters. The number of hydrogen-bond donors (Lipinski definition) is 0. The molecule has 0 N–H and O–H groups in total. The summed E-state index contributed by atoms with van der Waals surface area (Å²) in [6.07, 6.45) is 3.67. The van der Waals surface area contributed by atoms with Crippen LogP contribution in [-0.4, -0.2) is 37.1 Å². The predicted octanol–water partition coefficient (Wildman–Crippen LogP) is 2.80. The molecular weight excluding hydrogens is 314 g/mol. The zero-order valence-corrected chi connectivity index (χ0v) is 14.5. The van der Waals surface area contributed by atoms with E-state index in [0.717, 1.165) is 37.2 Å². The second kappa shape index (κ2) is 6.74. The van der Waals surface area contributed by atoms with Crippen LogP contribution in [0.5, 0.6) is 0 Å². The fourth-order valence-corrected chi connectivity index (χ4v) is 3.45. The topological polar surface area (TPSA) is 85.0 Å². The van der Waals surface area contributed by atoms with Crippen molar-refractivity contribution in [3.63, 3.8) is 0 Å². The Balaban J connectivity index is 1.83. The molecule has 1 saturated heterocycles. The lowest BCUT2D eigenvalue weighted by atomic mass is 10.0. The number of likely N-dealkylation sites (tertiary alicyclic amines) is 1. The van der Waals surface area contributed by atoms with Crippen LogP contribution >= 0.6 is 11.5 Å². The molecule has 0 saturated carbocycles. The summed E-state index contributed by atoms with van der Waals surface area (Å²) in [5.41, 5.74) is 0.676. The smallest absolute Gasteiger partial charge is 0.268 e. The Kier molecular flexibility index (Phi) is 4.70. The summed E-state index contributed by atoms with van der Waals surface area (Å²) >= 11 is 1.14. The molecule has 0 bridgehead atoms. The van der Waals surface area contributed by atoms with E-state index in [1.807, 2.05) is 11.8 Å². The highest BCUT2D eigenvalue weighted by Crippen LogP contribution is 2.32. The maximum atomic E-state index is 12.8. The quantitative estimate of drug-likeness (QED) is 0.854. The summed E-state index contributed by atoms with van der Waals surface area (Å²) in [6.45, 7) is 6.74. The zero-order chi connectivity index (χ0) is 16.4. The number of aryl methyl sites for hydroxylation is 1. The average molecular weight is 335 g/mol. The Bertz CT molecular complexity index is 681. The first-order valence-corrected chi connectivity index (χ1v) is 8.76. The molecule has 124 valence electrons. The second-order valence-electron chi connectivity index (χ2n) is 6.34. The van der Waals surface area contributed by atoms with Gasteiger partial charge in [0.25, 0.3) is 5.91 Å². The van der Waals surface area contributed by atoms with Gasteiger partial charge in [-0.05, 0) is 43.6 Å². The van der Waals surface area contributed by atoms with Gasteiger partial charge in [0, 0.05) is 13.0 Å². The Labute approximate surface area is 139 Å². The SMILES string of the molecule is Cc1nnsc1C(=O)N1CCCC[C@H]1c1nc(CC(C)C)no1. The van der Waals surface area contributed by atoms with Gasteiger partial charge in [-0.15, -0.1) is 5.10 Å². The number of carbonyl (C=O) groups is 1. The molecule has 2 aromatic rings. The van der Waals surface area contributed by atoms with Crippen molar-refractivity contribution in [3.8, 4) is 0 Å². The zero-order valence-electron chi connectivity index (χ0n) is 13.7. The highest BCUT2D eigenvalue weighted by atomic mass is 32.1. The van der Waals surface area contributed by atoms with Gasteiger partial charge in [0.15, 0.2) is 5.82 Å². The van der Waals surface area contributed by atoms with Crippen LogP contribution in [0.4, 0.5) is 0 Å². The lowest BCUT2D eigenvalue weighted by Gasteiger charge is -2.33. The van der Waals surface area contributed by atoms with Gasteiger partial charge in [0.2, 0.25) is 5.89 Å². The molecule has 3 rings (SSSR count). The van der Waals surface area contributed by atoms with Crippen LogP contribution in [0.25, 0.3) is 0 Å². The Morgan fingerprint density at radius 1 is 1.43 bits per heavy atom. The third-order valence-electron chi connectivity index (χ3n) is 3.97. The summed E-state index contributed by atoms with van der Waals surface area (Å²) in [4.78, 5) is 19.8. The first-order chi connectivity index (χ1) is 11.1. The number of piperidine rings is 1. The fourth-order valence-electron chi connectivity index (χ4n) is 2.84. The molecule has 0 spiro atoms. The predicted molar refractivity (Wildman–Crippen MR) is 85.1 cm³/mol. The van der Waals surface area contributed by atoms with Gasteiger partial charge >= 0.3 is 0 Å². The van der Waals surface area contributed by atoms with E-state index in [9.17, 15) is 4.79 Å². The number of rotatable bonds is 4. The first kappa shape index (κ1) is 16.0. The number of hydrogen-bond acceptors (Lipinski definition) is 7. The standard InChI is InChI=1S/C15H21N5O2S/c1-9(2)8-12-16-14(22-18-12)11-6-4-5-7-20(11)15(21)13-10(3)17-19-23-13/h9,11H,4-8H2,1-3H3/t11-/m0/s1. The van der Waals surface area contributed by atoms with Gasteiger partial charge in [0.05, 0.1) is 5.69 Å². The summed E-state index contributed by atoms with van der Waals surface area (Å²) in [7, 11) is 0. The maximum absolute atomic E-state index is 12.8. The van der Waals surface area contributed by atoms with Crippen molar-refractivity contribution in [2.75, 3.05) is 6.54 Å². The van der Waals surface area contributed by atoms with Crippen molar-refractivity contribution < 1.29 is 9.32 Å². The van der Waals surface area contributed by atoms with E-state index < -0.39 is 0 Å². The highest BCUT2D eigenvalue weighted by molar-refractivity contribution is 7.07. The molecule has 8 heteroatoms. The van der Waals surface area contributed by atoms with Gasteiger partial charge in [0.1, 0.15) is 10.9 Å². The highest BCUT2D eigenvalue weighted by Gasteiger charge is 2.34. The minimum Gasteiger partial charge on any atom is -0.337 e. The molecule has 3 heterocycles. The van der Waals surface area contributed by atoms with Gasteiger partial charge in [-0.3, -0.25) is 4.79 Å². The Morgan fingerprint density at radius 3 is 2.96 bits per heavy atom. The lowest BCUT2D eigenvalue weighted by Crippen LogP contribution is -2.38. The molecule has 1 fully saturated rings. The molecule has 0 radical (unpaired) electrons. The number of nitrogens with zero attached hydrogens (tertiary/aromatic N) is 5. The van der Waals surface area contributed by atoms with Gasteiger partial charge in [-0.1, -0.05) is 23.5 Å². The molecule has 2 aromatic heterocycles. The lowest BCUT2D eigenvalue weighted by molar-refractivity contribution is 0.0565. The van der Waals surface area contributed by atoms with Gasteiger partial charge < -0.3 is 9.42 Å². The number of aromatic nitrogens is 4. The van der Waals surface area contributed by atoms with E-state index in [4.69, 9.17) is 4.52 Å². The van der Waals surface area contributed by atoms with E-state index in [1.54, 1.807) is 0 Å². The summed E-state index contributed by atoms with van der Waals surface area (Å²) in [5, 5.41) is 8.00. The molecular formula is C15H21N5O2S. The maximum Gasteiger partial charge on any atom is 0.268 e. The van der Waals surface area contributed by atoms with E-state index in [0.29, 0.717) is 34.7 Å². The molecule has 1 aliphatic rings. The third kappa shape index (κ3) is 3.41. The van der Waals surface area contributed by atoms with E-state index in [-0.39, 0.29) is 11.9 Å². The van der Waals surface area contributed by atoms with Crippen molar-refractivity contribution >= 4 is 17.4 Å². The fraction of sp³-hybridized carbons (Fsp3) is 0.667. The molecule has 0 aromatic carbocycles. The Morgan fingerprint density at radius 2 is 2.26 bits per heavy atom. The second-order valence-corrected chi connectivity index (χ2v) is 7.10. The summed E-state index contributed by atoms with van der Waals surface area (Å²) < 4.78 is 9.32. The molecule has 1 atom stereocenters. The van der Waals surface area contributed by atoms with Crippen molar-refractivity contribution in [3.05, 3.63) is 22.3 Å². The molecule has 0 aliphatic carbocycles. The number of amides is 1. The Hall–Kier alpha value is -1.83. The van der Waals surface area contributed by atoms with Crippen LogP contribution in [0.15, 0.2) is 4.52 Å². The number of carbonyl (C=O) groups excluding carboxylic acids is 1. The normalized spacial score (nSPS) is 18.6. The van der Waals surface area contributed by atoms with Crippen LogP contribution in [-0.2, 0) is 6.42 Å². The third-order valence-corrected chi connectivity index (χ3v) is 4.79. The largest absolute Gasteiger partial charge is 0.337 e. The van der Waals surface area contributed by atoms with Crippen molar-refractivity contribution in [2.24, 2.45) is 5.92 Å². The average Bonchev–Trinajstić information content (AvgIpc) is 3.15. The summed E-state index contributed by atoms with van der Waals surface area (Å²) in [6, 6.07) is -0.147. The molecule has 23 heavy (non-hydrogen) atoms. The van der Waals surface area contributed by atoms with E-state index in [2.05, 4.69) is 33.6 Å². The monoisotopic (exact) mass is 335 g/mol. The van der Waals surface area contributed by atoms with Crippen LogP contribution in [0.2, 0.25) is 0 Å². The first-order valence-electron chi connectivity index (χ1n) is 7.98. The van der Waals surface area contributed by atoms with Crippen LogP contribution in [0.1, 0.15) is 66.2 Å². The van der Waals surface area contributed by atoms with Crippen molar-refractivity contribution in [1.82, 2.24) is 24.6 Å². The van der Waals surface area contributed by atoms with E-state index in [1.165, 1.54) is 0 Å². The van der Waals surface area contributed by atoms with Gasteiger partial charge in [-0.25, -0.2) is 0 Å². The van der Waals surface area contributed by atoms with Crippen LogP contribution in [0.3, 0.4) is 0 Å². The van der Waals surface area contributed by atoms with Crippen molar-refractivity contribution in [2.45, 2.75) is 52.5 Å². The van der Waals surface area contributed by atoms with Gasteiger partial charge in [-0.2, -0.15) is 4.98 Å². The van der Waals surface area contributed by atoms with E-state index >= 15 is 0 Å². The van der Waals surface area contributed by atoms with Crippen molar-refractivity contribution in [1.29, 1.82) is 0 Å². The minimum absolute atomic E-state index is 0.0363. The molecule has 7 nitrogen and oxygen atoms in total. The molecule has 1 aliphatic heterocycles. The van der Waals surface area contributed by atoms with Crippen LogP contribution in [0, 0.1) is 12.8 Å². The van der Waals surface area contributed by atoms with Crippen LogP contribution < -0.4 is 0 Å².